The smallest absolute Gasteiger partial charge is 0.303 e. The molecule has 4 heteroatoms. The van der Waals surface area contributed by atoms with E-state index >= 15 is 0 Å². The maximum atomic E-state index is 11.5. The van der Waals surface area contributed by atoms with Crippen LogP contribution in [0.4, 0.5) is 0 Å². The van der Waals surface area contributed by atoms with Crippen LogP contribution in [0, 0.1) is 46.3 Å². The first-order chi connectivity index (χ1) is 13.2. The number of rotatable bonds is 4. The van der Waals surface area contributed by atoms with Gasteiger partial charge in [-0.25, -0.2) is 0 Å². The van der Waals surface area contributed by atoms with E-state index in [0.29, 0.717) is 35.1 Å². The maximum absolute atomic E-state index is 11.5. The van der Waals surface area contributed by atoms with Crippen molar-refractivity contribution in [3.05, 3.63) is 0 Å². The standard InChI is InChI=1S/C24H41NO3/c1-14(4-9-22(27)28)18-7-8-19-17-6-5-15-12-16(25)10-11-23(15,2)20(17)13-21(26)24(18,19)3/h14-21,26H,4-13,25H2,1-3H3,(H,27,28)/t14-,15?,16?,17+,18-,19+,20+,21?,23+,24-/m1/s1. The van der Waals surface area contributed by atoms with Gasteiger partial charge in [0.25, 0.3) is 0 Å². The van der Waals surface area contributed by atoms with Gasteiger partial charge in [-0.05, 0) is 104 Å². The minimum absolute atomic E-state index is 0.0344. The zero-order chi connectivity index (χ0) is 20.3. The molecule has 10 atom stereocenters. The summed E-state index contributed by atoms with van der Waals surface area (Å²) >= 11 is 0. The number of fused-ring (bicyclic) bond motifs is 5. The van der Waals surface area contributed by atoms with Crippen LogP contribution in [-0.2, 0) is 4.79 Å². The highest BCUT2D eigenvalue weighted by Crippen LogP contribution is 2.68. The number of aliphatic hydroxyl groups is 1. The van der Waals surface area contributed by atoms with Crippen LogP contribution in [0.3, 0.4) is 0 Å². The maximum Gasteiger partial charge on any atom is 0.303 e. The second kappa shape index (κ2) is 7.27. The van der Waals surface area contributed by atoms with Crippen LogP contribution in [0.1, 0.15) is 85.0 Å². The third-order valence-electron chi connectivity index (χ3n) is 10.4. The third kappa shape index (κ3) is 3.05. The van der Waals surface area contributed by atoms with Crippen molar-refractivity contribution < 1.29 is 15.0 Å². The van der Waals surface area contributed by atoms with E-state index in [9.17, 15) is 9.90 Å². The Morgan fingerprint density at radius 3 is 2.57 bits per heavy atom. The molecular weight excluding hydrogens is 350 g/mol. The summed E-state index contributed by atoms with van der Waals surface area (Å²) < 4.78 is 0. The molecule has 0 radical (unpaired) electrons. The molecule has 0 amide bonds. The Morgan fingerprint density at radius 2 is 1.86 bits per heavy atom. The largest absolute Gasteiger partial charge is 0.481 e. The van der Waals surface area contributed by atoms with Crippen molar-refractivity contribution >= 4 is 5.97 Å². The summed E-state index contributed by atoms with van der Waals surface area (Å²) in [5.41, 5.74) is 6.63. The molecule has 0 aromatic rings. The van der Waals surface area contributed by atoms with Crippen LogP contribution in [0.2, 0.25) is 0 Å². The molecule has 4 saturated carbocycles. The topological polar surface area (TPSA) is 83.5 Å². The number of carboxylic acid groups (broad SMARTS) is 1. The van der Waals surface area contributed by atoms with E-state index in [1.54, 1.807) is 0 Å². The molecule has 0 spiro atoms. The van der Waals surface area contributed by atoms with Crippen molar-refractivity contribution in [3.63, 3.8) is 0 Å². The summed E-state index contributed by atoms with van der Waals surface area (Å²) in [7, 11) is 0. The predicted molar refractivity (Wildman–Crippen MR) is 111 cm³/mol. The van der Waals surface area contributed by atoms with Gasteiger partial charge in [-0.15, -0.1) is 0 Å². The Hall–Kier alpha value is -0.610. The number of aliphatic hydroxyl groups excluding tert-OH is 1. The Balaban J connectivity index is 1.56. The van der Waals surface area contributed by atoms with E-state index < -0.39 is 5.97 Å². The highest BCUT2D eigenvalue weighted by Gasteiger charge is 2.63. The van der Waals surface area contributed by atoms with Crippen LogP contribution >= 0.6 is 0 Å². The Morgan fingerprint density at radius 1 is 1.11 bits per heavy atom. The first kappa shape index (κ1) is 20.7. The molecule has 0 aliphatic heterocycles. The molecule has 0 heterocycles. The van der Waals surface area contributed by atoms with E-state index in [0.717, 1.165) is 37.5 Å². The molecule has 4 fully saturated rings. The van der Waals surface area contributed by atoms with Gasteiger partial charge in [-0.3, -0.25) is 4.79 Å². The van der Waals surface area contributed by atoms with Gasteiger partial charge in [0.2, 0.25) is 0 Å². The predicted octanol–water partition coefficient (Wildman–Crippen LogP) is 4.44. The summed E-state index contributed by atoms with van der Waals surface area (Å²) in [6, 6.07) is 0.374. The number of hydrogen-bond donors (Lipinski definition) is 3. The molecular formula is C24H41NO3. The molecule has 4 rings (SSSR count). The fourth-order valence-electron chi connectivity index (χ4n) is 8.77. The molecule has 0 aromatic heterocycles. The molecule has 4 nitrogen and oxygen atoms in total. The van der Waals surface area contributed by atoms with E-state index in [1.807, 2.05) is 0 Å². The zero-order valence-corrected chi connectivity index (χ0v) is 18.1. The number of nitrogens with two attached hydrogens (primary N) is 1. The molecule has 0 saturated heterocycles. The molecule has 28 heavy (non-hydrogen) atoms. The zero-order valence-electron chi connectivity index (χ0n) is 18.1. The van der Waals surface area contributed by atoms with Gasteiger partial charge in [0.05, 0.1) is 6.10 Å². The normalized spacial score (nSPS) is 51.7. The summed E-state index contributed by atoms with van der Waals surface area (Å²) in [6.07, 6.45) is 10.2. The SMILES string of the molecule is C[C@H](CCC(=O)O)[C@H]1CC[C@H]2[C@@H]3CCC4CC(N)CC[C@]4(C)[C@H]3CC(O)[C@]12C. The van der Waals surface area contributed by atoms with Crippen LogP contribution in [0.25, 0.3) is 0 Å². The lowest BCUT2D eigenvalue weighted by Gasteiger charge is -2.62. The van der Waals surface area contributed by atoms with Crippen LogP contribution in [-0.4, -0.2) is 28.3 Å². The molecule has 3 unspecified atom stereocenters. The molecule has 4 N–H and O–H groups in total. The molecule has 0 aromatic carbocycles. The average molecular weight is 392 g/mol. The van der Waals surface area contributed by atoms with Crippen LogP contribution < -0.4 is 5.73 Å². The van der Waals surface area contributed by atoms with E-state index in [-0.39, 0.29) is 17.9 Å². The summed E-state index contributed by atoms with van der Waals surface area (Å²) in [5.74, 6) is 2.85. The lowest BCUT2D eigenvalue weighted by molar-refractivity contribution is -0.169. The van der Waals surface area contributed by atoms with Crippen molar-refractivity contribution in [1.29, 1.82) is 0 Å². The summed E-state index contributed by atoms with van der Waals surface area (Å²) in [5, 5.41) is 20.6. The van der Waals surface area contributed by atoms with E-state index in [4.69, 9.17) is 10.8 Å². The van der Waals surface area contributed by atoms with E-state index in [2.05, 4.69) is 20.8 Å². The van der Waals surface area contributed by atoms with Crippen molar-refractivity contribution in [3.8, 4) is 0 Å². The average Bonchev–Trinajstić information content (AvgIpc) is 3.00. The minimum atomic E-state index is -0.697. The lowest BCUT2D eigenvalue weighted by atomic mass is 9.43. The second-order valence-corrected chi connectivity index (χ2v) is 11.4. The van der Waals surface area contributed by atoms with E-state index in [1.165, 1.54) is 32.1 Å². The van der Waals surface area contributed by atoms with Gasteiger partial charge >= 0.3 is 5.97 Å². The Bertz CT molecular complexity index is 609. The number of hydrogen-bond acceptors (Lipinski definition) is 3. The first-order valence-corrected chi connectivity index (χ1v) is 11.8. The second-order valence-electron chi connectivity index (χ2n) is 11.4. The Kier molecular flexibility index (Phi) is 5.36. The lowest BCUT2D eigenvalue weighted by Crippen LogP contribution is -2.59. The molecule has 4 aliphatic rings. The number of aliphatic carboxylic acids is 1. The first-order valence-electron chi connectivity index (χ1n) is 11.8. The van der Waals surface area contributed by atoms with Gasteiger partial charge in [-0.1, -0.05) is 20.8 Å². The molecule has 160 valence electrons. The van der Waals surface area contributed by atoms with Gasteiger partial charge in [-0.2, -0.15) is 0 Å². The van der Waals surface area contributed by atoms with Gasteiger partial charge in [0, 0.05) is 12.5 Å². The van der Waals surface area contributed by atoms with Gasteiger partial charge in [0.15, 0.2) is 0 Å². The molecule has 0 bridgehead atoms. The monoisotopic (exact) mass is 391 g/mol. The number of carboxylic acids is 1. The highest BCUT2D eigenvalue weighted by atomic mass is 16.4. The third-order valence-corrected chi connectivity index (χ3v) is 10.4. The van der Waals surface area contributed by atoms with Crippen molar-refractivity contribution in [2.24, 2.45) is 52.1 Å². The van der Waals surface area contributed by atoms with Crippen molar-refractivity contribution in [1.82, 2.24) is 0 Å². The van der Waals surface area contributed by atoms with Crippen LogP contribution in [0.5, 0.6) is 0 Å². The fraction of sp³-hybridized carbons (Fsp3) is 0.958. The Labute approximate surface area is 170 Å². The summed E-state index contributed by atoms with van der Waals surface area (Å²) in [6.45, 7) is 7.08. The van der Waals surface area contributed by atoms with Crippen LogP contribution in [0.15, 0.2) is 0 Å². The quantitative estimate of drug-likeness (QED) is 0.661. The van der Waals surface area contributed by atoms with Gasteiger partial charge in [0.1, 0.15) is 0 Å². The minimum Gasteiger partial charge on any atom is -0.481 e. The van der Waals surface area contributed by atoms with Crippen molar-refractivity contribution in [2.75, 3.05) is 0 Å². The number of carbonyl (C=O) groups is 1. The van der Waals surface area contributed by atoms with Crippen molar-refractivity contribution in [2.45, 2.75) is 97.1 Å². The highest BCUT2D eigenvalue weighted by molar-refractivity contribution is 5.66. The van der Waals surface area contributed by atoms with Gasteiger partial charge < -0.3 is 15.9 Å². The molecule has 4 aliphatic carbocycles. The fourth-order valence-corrected chi connectivity index (χ4v) is 8.77. The summed E-state index contributed by atoms with van der Waals surface area (Å²) in [4.78, 5) is 11.1.